The molecule has 0 aliphatic carbocycles. The Kier molecular flexibility index (Phi) is 9.50. The van der Waals surface area contributed by atoms with E-state index in [-0.39, 0.29) is 11.0 Å². The first kappa shape index (κ1) is 15.5. The Labute approximate surface area is 86.1 Å². The zero-order valence-corrected chi connectivity index (χ0v) is 8.42. The van der Waals surface area contributed by atoms with Gasteiger partial charge in [0.05, 0.1) is 6.61 Å². The van der Waals surface area contributed by atoms with Crippen LogP contribution >= 0.6 is 0 Å². The number of hydrogen-bond donors (Lipinski definition) is 0. The molecule has 4 N–H and O–H groups in total. The first-order valence-corrected chi connectivity index (χ1v) is 4.31. The number of hydrogen-bond acceptors (Lipinski definition) is 1. The van der Waals surface area contributed by atoms with Crippen molar-refractivity contribution in [2.45, 2.75) is 19.8 Å². The van der Waals surface area contributed by atoms with Gasteiger partial charge in [-0.3, -0.25) is 0 Å². The van der Waals surface area contributed by atoms with Crippen LogP contribution in [0, 0.1) is 0 Å². The summed E-state index contributed by atoms with van der Waals surface area (Å²) in [5.41, 5.74) is 0.754. The second kappa shape index (κ2) is 8.60. The van der Waals surface area contributed by atoms with E-state index >= 15 is 0 Å². The number of unbranched alkanes of at least 4 members (excludes halogenated alkanes) is 1. The summed E-state index contributed by atoms with van der Waals surface area (Å²) < 4.78 is 5.45. The fourth-order valence-electron chi connectivity index (χ4n) is 0.939. The summed E-state index contributed by atoms with van der Waals surface area (Å²) in [6.07, 6.45) is 2.25. The molecule has 0 saturated heterocycles. The Hall–Kier alpha value is -0.995. The first-order valence-electron chi connectivity index (χ1n) is 4.31. The minimum absolute atomic E-state index is 0. The van der Waals surface area contributed by atoms with Gasteiger partial charge in [-0.05, 0) is 18.6 Å². The molecule has 1 aromatic rings. The summed E-state index contributed by atoms with van der Waals surface area (Å²) in [5, 5.41) is 0. The molecular formula is C10H17BO3. The van der Waals surface area contributed by atoms with Crippen molar-refractivity contribution in [3.05, 3.63) is 24.3 Å². The molecule has 0 amide bonds. The summed E-state index contributed by atoms with van der Waals surface area (Å²) in [6, 6.07) is 7.52. The van der Waals surface area contributed by atoms with E-state index in [2.05, 4.69) is 6.92 Å². The molecule has 0 spiro atoms. The maximum Gasteiger partial charge on any atom is 0.118 e. The maximum atomic E-state index is 5.58. The molecule has 1 rings (SSSR count). The second-order valence-corrected chi connectivity index (χ2v) is 2.77. The van der Waals surface area contributed by atoms with Crippen LogP contribution in [-0.4, -0.2) is 25.4 Å². The van der Waals surface area contributed by atoms with E-state index in [0.717, 1.165) is 30.7 Å². The SMILES string of the molecule is O.O.[B]c1cccc(OCCCC)c1. The predicted molar refractivity (Wildman–Crippen MR) is 59.5 cm³/mol. The van der Waals surface area contributed by atoms with Crippen LogP contribution in [0.3, 0.4) is 0 Å². The Morgan fingerprint density at radius 1 is 1.29 bits per heavy atom. The molecule has 2 radical (unpaired) electrons. The van der Waals surface area contributed by atoms with E-state index < -0.39 is 0 Å². The van der Waals surface area contributed by atoms with E-state index in [1.165, 1.54) is 0 Å². The zero-order valence-electron chi connectivity index (χ0n) is 8.42. The highest BCUT2D eigenvalue weighted by atomic mass is 16.5. The highest BCUT2D eigenvalue weighted by Crippen LogP contribution is 2.06. The molecule has 0 aromatic heterocycles. The molecule has 14 heavy (non-hydrogen) atoms. The van der Waals surface area contributed by atoms with Gasteiger partial charge in [-0.1, -0.05) is 30.9 Å². The van der Waals surface area contributed by atoms with Gasteiger partial charge in [0.25, 0.3) is 0 Å². The normalized spacial score (nSPS) is 8.36. The molecule has 0 aliphatic heterocycles. The van der Waals surface area contributed by atoms with Crippen molar-refractivity contribution in [1.82, 2.24) is 0 Å². The molecule has 78 valence electrons. The minimum Gasteiger partial charge on any atom is -0.494 e. The van der Waals surface area contributed by atoms with E-state index in [9.17, 15) is 0 Å². The van der Waals surface area contributed by atoms with Gasteiger partial charge in [-0.15, -0.1) is 0 Å². The van der Waals surface area contributed by atoms with Crippen molar-refractivity contribution >= 4 is 13.3 Å². The molecule has 0 unspecified atom stereocenters. The minimum atomic E-state index is 0. The highest BCUT2D eigenvalue weighted by Gasteiger charge is 1.91. The summed E-state index contributed by atoms with van der Waals surface area (Å²) in [7, 11) is 5.58. The fraction of sp³-hybridized carbons (Fsp3) is 0.400. The van der Waals surface area contributed by atoms with Crippen molar-refractivity contribution in [2.24, 2.45) is 0 Å². The number of rotatable bonds is 4. The largest absolute Gasteiger partial charge is 0.494 e. The Morgan fingerprint density at radius 3 is 2.57 bits per heavy atom. The predicted octanol–water partition coefficient (Wildman–Crippen LogP) is 0.00990. The molecule has 0 atom stereocenters. The van der Waals surface area contributed by atoms with Gasteiger partial charge >= 0.3 is 0 Å². The van der Waals surface area contributed by atoms with Crippen molar-refractivity contribution in [3.63, 3.8) is 0 Å². The van der Waals surface area contributed by atoms with Crippen molar-refractivity contribution in [2.75, 3.05) is 6.61 Å². The monoisotopic (exact) mass is 196 g/mol. The van der Waals surface area contributed by atoms with Crippen LogP contribution in [0.2, 0.25) is 0 Å². The summed E-state index contributed by atoms with van der Waals surface area (Å²) in [5.74, 6) is 0.864. The van der Waals surface area contributed by atoms with E-state index in [0.29, 0.717) is 0 Å². The molecule has 4 heteroatoms. The van der Waals surface area contributed by atoms with Crippen molar-refractivity contribution in [3.8, 4) is 5.75 Å². The van der Waals surface area contributed by atoms with Gasteiger partial charge in [-0.25, -0.2) is 0 Å². The van der Waals surface area contributed by atoms with E-state index in [4.69, 9.17) is 12.6 Å². The molecule has 0 saturated carbocycles. The number of benzene rings is 1. The number of ether oxygens (including phenoxy) is 1. The first-order chi connectivity index (χ1) is 5.83. The Balaban J connectivity index is 0. The highest BCUT2D eigenvalue weighted by molar-refractivity contribution is 6.32. The van der Waals surface area contributed by atoms with Gasteiger partial charge in [0.2, 0.25) is 0 Å². The lowest BCUT2D eigenvalue weighted by atomic mass is 9.96. The Bertz CT molecular complexity index is 241. The lowest BCUT2D eigenvalue weighted by Gasteiger charge is -2.05. The van der Waals surface area contributed by atoms with Gasteiger partial charge in [0, 0.05) is 0 Å². The molecule has 0 aliphatic rings. The van der Waals surface area contributed by atoms with E-state index in [1.807, 2.05) is 24.3 Å². The second-order valence-electron chi connectivity index (χ2n) is 2.77. The molecule has 3 nitrogen and oxygen atoms in total. The van der Waals surface area contributed by atoms with Crippen LogP contribution in [0.5, 0.6) is 5.75 Å². The molecule has 0 fully saturated rings. The molecule has 0 bridgehead atoms. The third-order valence-electron chi connectivity index (χ3n) is 1.62. The van der Waals surface area contributed by atoms with Gasteiger partial charge < -0.3 is 15.7 Å². The van der Waals surface area contributed by atoms with Gasteiger partial charge in [0.1, 0.15) is 13.6 Å². The summed E-state index contributed by atoms with van der Waals surface area (Å²) in [6.45, 7) is 2.92. The van der Waals surface area contributed by atoms with Crippen LogP contribution < -0.4 is 10.2 Å². The summed E-state index contributed by atoms with van der Waals surface area (Å²) >= 11 is 0. The fourth-order valence-corrected chi connectivity index (χ4v) is 0.939. The summed E-state index contributed by atoms with van der Waals surface area (Å²) in [4.78, 5) is 0. The van der Waals surface area contributed by atoms with Crippen molar-refractivity contribution < 1.29 is 15.7 Å². The third kappa shape index (κ3) is 5.62. The zero-order chi connectivity index (χ0) is 8.81. The van der Waals surface area contributed by atoms with E-state index in [1.54, 1.807) is 0 Å². The van der Waals surface area contributed by atoms with Crippen LogP contribution in [0.4, 0.5) is 0 Å². The third-order valence-corrected chi connectivity index (χ3v) is 1.62. The van der Waals surface area contributed by atoms with Crippen LogP contribution in [0.15, 0.2) is 24.3 Å². The lowest BCUT2D eigenvalue weighted by molar-refractivity contribution is 0.309. The van der Waals surface area contributed by atoms with Crippen molar-refractivity contribution in [1.29, 1.82) is 0 Å². The topological polar surface area (TPSA) is 72.2 Å². The maximum absolute atomic E-state index is 5.58. The smallest absolute Gasteiger partial charge is 0.118 e. The molecule has 1 aromatic carbocycles. The average Bonchev–Trinajstić information content (AvgIpc) is 2.05. The quantitative estimate of drug-likeness (QED) is 0.493. The molecule has 0 heterocycles. The van der Waals surface area contributed by atoms with Crippen LogP contribution in [-0.2, 0) is 0 Å². The van der Waals surface area contributed by atoms with Crippen LogP contribution in [0.1, 0.15) is 19.8 Å². The standard InChI is InChI=1S/C10H13BO.2H2O/c1-2-3-7-12-10-6-4-5-9(11)8-10;;/h4-6,8H,2-3,7H2,1H3;2*1H2. The Morgan fingerprint density at radius 2 is 2.00 bits per heavy atom. The van der Waals surface area contributed by atoms with Gasteiger partial charge in [0.15, 0.2) is 0 Å². The molecular weight excluding hydrogens is 179 g/mol. The average molecular weight is 196 g/mol. The van der Waals surface area contributed by atoms with Gasteiger partial charge in [-0.2, -0.15) is 0 Å². The lowest BCUT2D eigenvalue weighted by Crippen LogP contribution is -2.03. The van der Waals surface area contributed by atoms with Crippen LogP contribution in [0.25, 0.3) is 0 Å².